The van der Waals surface area contributed by atoms with Gasteiger partial charge in [0.1, 0.15) is 17.3 Å². The molecule has 2 heterocycles. The van der Waals surface area contributed by atoms with Crippen molar-refractivity contribution in [1.29, 1.82) is 0 Å². The number of morpholine rings is 1. The highest BCUT2D eigenvalue weighted by atomic mass is 35.5. The molecule has 0 saturated carbocycles. The Kier molecular flexibility index (Phi) is 3.75. The van der Waals surface area contributed by atoms with Gasteiger partial charge in [0, 0.05) is 18.7 Å². The van der Waals surface area contributed by atoms with Crippen LogP contribution in [0.5, 0.6) is 0 Å². The standard InChI is InChI=1S/C12H18ClN3O2/c1-8-10(13)14-7-15-11(8)16-4-9(5-17)18-12(2,3)6-16/h7,9,17H,4-6H2,1-3H3. The number of halogens is 1. The summed E-state index contributed by atoms with van der Waals surface area (Å²) in [4.78, 5) is 10.3. The van der Waals surface area contributed by atoms with Gasteiger partial charge in [0.2, 0.25) is 0 Å². The number of hydrogen-bond acceptors (Lipinski definition) is 5. The van der Waals surface area contributed by atoms with Gasteiger partial charge in [0.05, 0.1) is 18.3 Å². The number of aliphatic hydroxyl groups is 1. The lowest BCUT2D eigenvalue weighted by Crippen LogP contribution is -2.54. The van der Waals surface area contributed by atoms with E-state index >= 15 is 0 Å². The van der Waals surface area contributed by atoms with Crippen molar-refractivity contribution < 1.29 is 9.84 Å². The fraction of sp³-hybridized carbons (Fsp3) is 0.667. The molecule has 5 nitrogen and oxygen atoms in total. The van der Waals surface area contributed by atoms with Crippen molar-refractivity contribution in [1.82, 2.24) is 9.97 Å². The molecular formula is C12H18ClN3O2. The first kappa shape index (κ1) is 13.5. The Balaban J connectivity index is 2.29. The van der Waals surface area contributed by atoms with Crippen LogP contribution in [0.15, 0.2) is 6.33 Å². The van der Waals surface area contributed by atoms with Crippen LogP contribution in [-0.2, 0) is 4.74 Å². The number of aliphatic hydroxyl groups excluding tert-OH is 1. The molecule has 6 heteroatoms. The van der Waals surface area contributed by atoms with Crippen LogP contribution in [-0.4, -0.2) is 46.5 Å². The Morgan fingerprint density at radius 1 is 1.56 bits per heavy atom. The zero-order valence-corrected chi connectivity index (χ0v) is 11.6. The molecule has 1 N–H and O–H groups in total. The van der Waals surface area contributed by atoms with Gasteiger partial charge < -0.3 is 14.7 Å². The molecule has 18 heavy (non-hydrogen) atoms. The third-order valence-corrected chi connectivity index (χ3v) is 3.36. The highest BCUT2D eigenvalue weighted by molar-refractivity contribution is 6.30. The monoisotopic (exact) mass is 271 g/mol. The zero-order chi connectivity index (χ0) is 13.3. The van der Waals surface area contributed by atoms with E-state index in [1.54, 1.807) is 0 Å². The molecular weight excluding hydrogens is 254 g/mol. The molecule has 1 aliphatic rings. The van der Waals surface area contributed by atoms with Gasteiger partial charge in [-0.3, -0.25) is 0 Å². The fourth-order valence-electron chi connectivity index (χ4n) is 2.29. The first-order valence-corrected chi connectivity index (χ1v) is 6.31. The number of rotatable bonds is 2. The minimum atomic E-state index is -0.324. The molecule has 0 aromatic carbocycles. The molecule has 100 valence electrons. The average Bonchev–Trinajstić information content (AvgIpc) is 2.30. The number of hydrogen-bond donors (Lipinski definition) is 1. The molecule has 1 aromatic rings. The van der Waals surface area contributed by atoms with Gasteiger partial charge in [-0.05, 0) is 20.8 Å². The van der Waals surface area contributed by atoms with E-state index in [-0.39, 0.29) is 18.3 Å². The molecule has 1 aliphatic heterocycles. The Labute approximate surface area is 112 Å². The normalized spacial score (nSPS) is 23.2. The number of aromatic nitrogens is 2. The summed E-state index contributed by atoms with van der Waals surface area (Å²) in [7, 11) is 0. The second kappa shape index (κ2) is 4.99. The van der Waals surface area contributed by atoms with Crippen molar-refractivity contribution in [2.45, 2.75) is 32.5 Å². The fourth-order valence-corrected chi connectivity index (χ4v) is 2.42. The third-order valence-electron chi connectivity index (χ3n) is 2.98. The number of ether oxygens (including phenoxy) is 1. The molecule has 1 atom stereocenters. The van der Waals surface area contributed by atoms with Gasteiger partial charge in [0.15, 0.2) is 0 Å². The number of anilines is 1. The summed E-state index contributed by atoms with van der Waals surface area (Å²) < 4.78 is 5.78. The molecule has 0 spiro atoms. The minimum absolute atomic E-state index is 0.00219. The Bertz CT molecular complexity index is 439. The molecule has 1 aromatic heterocycles. The summed E-state index contributed by atoms with van der Waals surface area (Å²) in [5.74, 6) is 0.810. The van der Waals surface area contributed by atoms with Gasteiger partial charge in [-0.2, -0.15) is 0 Å². The number of nitrogens with zero attached hydrogens (tertiary/aromatic N) is 3. The van der Waals surface area contributed by atoms with E-state index in [0.717, 1.165) is 11.4 Å². The second-order valence-corrected chi connectivity index (χ2v) is 5.53. The van der Waals surface area contributed by atoms with Gasteiger partial charge in [-0.25, -0.2) is 9.97 Å². The summed E-state index contributed by atoms with van der Waals surface area (Å²) in [6, 6.07) is 0. The van der Waals surface area contributed by atoms with E-state index in [1.165, 1.54) is 6.33 Å². The minimum Gasteiger partial charge on any atom is -0.394 e. The lowest BCUT2D eigenvalue weighted by atomic mass is 10.0. The van der Waals surface area contributed by atoms with Gasteiger partial charge >= 0.3 is 0 Å². The summed E-state index contributed by atoms with van der Waals surface area (Å²) in [5, 5.41) is 9.76. The largest absolute Gasteiger partial charge is 0.394 e. The summed E-state index contributed by atoms with van der Waals surface area (Å²) >= 11 is 6.02. The van der Waals surface area contributed by atoms with Crippen molar-refractivity contribution in [3.8, 4) is 0 Å². The molecule has 0 amide bonds. The van der Waals surface area contributed by atoms with Crippen molar-refractivity contribution in [2.24, 2.45) is 0 Å². The molecule has 1 fully saturated rings. The zero-order valence-electron chi connectivity index (χ0n) is 10.9. The summed E-state index contributed by atoms with van der Waals surface area (Å²) in [6.07, 6.45) is 1.25. The highest BCUT2D eigenvalue weighted by Crippen LogP contribution is 2.28. The maximum Gasteiger partial charge on any atom is 0.137 e. The Morgan fingerprint density at radius 3 is 2.94 bits per heavy atom. The first-order chi connectivity index (χ1) is 8.43. The maximum absolute atomic E-state index is 9.30. The molecule has 1 saturated heterocycles. The van der Waals surface area contributed by atoms with Crippen molar-refractivity contribution in [3.05, 3.63) is 17.0 Å². The van der Waals surface area contributed by atoms with Crippen LogP contribution in [0, 0.1) is 6.92 Å². The smallest absolute Gasteiger partial charge is 0.137 e. The van der Waals surface area contributed by atoms with Crippen molar-refractivity contribution in [3.63, 3.8) is 0 Å². The van der Waals surface area contributed by atoms with Crippen LogP contribution in [0.2, 0.25) is 5.15 Å². The van der Waals surface area contributed by atoms with E-state index in [1.807, 2.05) is 20.8 Å². The molecule has 0 aliphatic carbocycles. The topological polar surface area (TPSA) is 58.5 Å². The molecule has 1 unspecified atom stereocenters. The lowest BCUT2D eigenvalue weighted by Gasteiger charge is -2.43. The van der Waals surface area contributed by atoms with E-state index in [4.69, 9.17) is 16.3 Å². The maximum atomic E-state index is 9.30. The van der Waals surface area contributed by atoms with Crippen molar-refractivity contribution in [2.75, 3.05) is 24.6 Å². The second-order valence-electron chi connectivity index (χ2n) is 5.18. The third kappa shape index (κ3) is 2.74. The van der Waals surface area contributed by atoms with E-state index in [2.05, 4.69) is 14.9 Å². The van der Waals surface area contributed by atoms with E-state index < -0.39 is 0 Å². The Hall–Kier alpha value is -0.910. The quantitative estimate of drug-likeness (QED) is 0.825. The predicted octanol–water partition coefficient (Wildman–Crippen LogP) is 1.41. The molecule has 2 rings (SSSR count). The lowest BCUT2D eigenvalue weighted by molar-refractivity contribution is -0.101. The van der Waals surface area contributed by atoms with Gasteiger partial charge in [0.25, 0.3) is 0 Å². The van der Waals surface area contributed by atoms with Crippen LogP contribution in [0.1, 0.15) is 19.4 Å². The highest BCUT2D eigenvalue weighted by Gasteiger charge is 2.34. The van der Waals surface area contributed by atoms with Crippen LogP contribution >= 0.6 is 11.6 Å². The van der Waals surface area contributed by atoms with Gasteiger partial charge in [-0.15, -0.1) is 0 Å². The molecule has 0 bridgehead atoms. The van der Waals surface area contributed by atoms with Crippen LogP contribution in [0.3, 0.4) is 0 Å². The first-order valence-electron chi connectivity index (χ1n) is 5.93. The predicted molar refractivity (Wildman–Crippen MR) is 70.0 cm³/mol. The Morgan fingerprint density at radius 2 is 2.28 bits per heavy atom. The van der Waals surface area contributed by atoms with E-state index in [0.29, 0.717) is 18.2 Å². The average molecular weight is 272 g/mol. The van der Waals surface area contributed by atoms with Crippen LogP contribution in [0.4, 0.5) is 5.82 Å². The van der Waals surface area contributed by atoms with Crippen molar-refractivity contribution >= 4 is 17.4 Å². The van der Waals surface area contributed by atoms with E-state index in [9.17, 15) is 5.11 Å². The SMILES string of the molecule is Cc1c(Cl)ncnc1N1CC(CO)OC(C)(C)C1. The summed E-state index contributed by atoms with van der Waals surface area (Å²) in [6.45, 7) is 7.21. The van der Waals surface area contributed by atoms with Gasteiger partial charge in [-0.1, -0.05) is 11.6 Å². The summed E-state index contributed by atoms with van der Waals surface area (Å²) in [5.41, 5.74) is 0.531. The van der Waals surface area contributed by atoms with Crippen LogP contribution < -0.4 is 4.90 Å². The van der Waals surface area contributed by atoms with Crippen LogP contribution in [0.25, 0.3) is 0 Å². The molecule has 0 radical (unpaired) electrons.